The fraction of sp³-hybridized carbons (Fsp3) is 0.391. The van der Waals surface area contributed by atoms with Crippen molar-refractivity contribution in [1.82, 2.24) is 15.5 Å². The first-order chi connectivity index (χ1) is 13.8. The molecule has 2 aromatic rings. The fourth-order valence-electron chi connectivity index (χ4n) is 3.59. The molecule has 1 unspecified atom stereocenters. The highest BCUT2D eigenvalue weighted by atomic mass is 127. The molecule has 1 aliphatic rings. The van der Waals surface area contributed by atoms with Crippen molar-refractivity contribution in [3.63, 3.8) is 0 Å². The summed E-state index contributed by atoms with van der Waals surface area (Å²) in [5.74, 6) is 1.56. The molecule has 1 saturated heterocycles. The summed E-state index contributed by atoms with van der Waals surface area (Å²) in [4.78, 5) is 19.2. The Bertz CT molecular complexity index is 767. The molecule has 3 rings (SSSR count). The van der Waals surface area contributed by atoms with Crippen LogP contribution in [0.3, 0.4) is 0 Å². The number of carbonyl (C=O) groups is 1. The van der Waals surface area contributed by atoms with Gasteiger partial charge >= 0.3 is 0 Å². The number of halogens is 1. The van der Waals surface area contributed by atoms with Crippen molar-refractivity contribution in [3.8, 4) is 0 Å². The molecule has 1 fully saturated rings. The van der Waals surface area contributed by atoms with E-state index in [9.17, 15) is 4.79 Å². The Morgan fingerprint density at radius 2 is 1.76 bits per heavy atom. The van der Waals surface area contributed by atoms with E-state index in [4.69, 9.17) is 4.99 Å². The Balaban J connectivity index is 0.00000300. The molecule has 2 aromatic carbocycles. The summed E-state index contributed by atoms with van der Waals surface area (Å²) in [5.41, 5.74) is 2.08. The van der Waals surface area contributed by atoms with Crippen molar-refractivity contribution in [1.29, 1.82) is 0 Å². The monoisotopic (exact) mass is 506 g/mol. The minimum atomic E-state index is -0.0510. The summed E-state index contributed by atoms with van der Waals surface area (Å²) in [6, 6.07) is 20.0. The summed E-state index contributed by atoms with van der Waals surface area (Å²) in [7, 11) is 0. The number of benzene rings is 2. The third-order valence-electron chi connectivity index (χ3n) is 4.98. The van der Waals surface area contributed by atoms with Gasteiger partial charge < -0.3 is 15.5 Å². The van der Waals surface area contributed by atoms with Crippen LogP contribution in [0, 0.1) is 5.92 Å². The van der Waals surface area contributed by atoms with E-state index in [-0.39, 0.29) is 29.9 Å². The normalized spacial score (nSPS) is 16.2. The van der Waals surface area contributed by atoms with E-state index < -0.39 is 0 Å². The Morgan fingerprint density at radius 3 is 2.45 bits per heavy atom. The second kappa shape index (κ2) is 12.5. The van der Waals surface area contributed by atoms with Crippen LogP contribution < -0.4 is 10.6 Å². The highest BCUT2D eigenvalue weighted by molar-refractivity contribution is 14.0. The molecule has 5 nitrogen and oxygen atoms in total. The van der Waals surface area contributed by atoms with Gasteiger partial charge in [0.1, 0.15) is 0 Å². The van der Waals surface area contributed by atoms with E-state index in [1.54, 1.807) is 0 Å². The maximum absolute atomic E-state index is 12.1. The lowest BCUT2D eigenvalue weighted by Gasteiger charge is -2.21. The Kier molecular flexibility index (Phi) is 9.97. The average Bonchev–Trinajstić information content (AvgIpc) is 3.20. The molecule has 156 valence electrons. The first kappa shape index (κ1) is 23.2. The highest BCUT2D eigenvalue weighted by Gasteiger charge is 2.24. The van der Waals surface area contributed by atoms with Gasteiger partial charge in [-0.3, -0.25) is 9.79 Å². The van der Waals surface area contributed by atoms with Gasteiger partial charge in [-0.15, -0.1) is 24.0 Å². The van der Waals surface area contributed by atoms with Crippen LogP contribution in [0.1, 0.15) is 29.3 Å². The van der Waals surface area contributed by atoms with Gasteiger partial charge in [0.05, 0.1) is 6.54 Å². The molecule has 0 bridgehead atoms. The van der Waals surface area contributed by atoms with Crippen molar-refractivity contribution in [2.45, 2.75) is 19.8 Å². The lowest BCUT2D eigenvalue weighted by Crippen LogP contribution is -2.40. The highest BCUT2D eigenvalue weighted by Crippen LogP contribution is 2.20. The Labute approximate surface area is 191 Å². The molecule has 0 saturated carbocycles. The Hall–Kier alpha value is -2.09. The van der Waals surface area contributed by atoms with Crippen LogP contribution in [0.5, 0.6) is 0 Å². The van der Waals surface area contributed by atoms with Crippen LogP contribution in [0.2, 0.25) is 0 Å². The summed E-state index contributed by atoms with van der Waals surface area (Å²) in [6.45, 7) is 6.08. The number of guanidine groups is 1. The van der Waals surface area contributed by atoms with Gasteiger partial charge in [-0.1, -0.05) is 48.5 Å². The lowest BCUT2D eigenvalue weighted by molar-refractivity contribution is 0.0955. The summed E-state index contributed by atoms with van der Waals surface area (Å²) < 4.78 is 0. The zero-order valence-electron chi connectivity index (χ0n) is 17.0. The molecule has 1 atom stereocenters. The molecule has 6 heteroatoms. The van der Waals surface area contributed by atoms with Gasteiger partial charge in [0, 0.05) is 31.7 Å². The fourth-order valence-corrected chi connectivity index (χ4v) is 3.59. The number of hydrogen-bond donors (Lipinski definition) is 2. The summed E-state index contributed by atoms with van der Waals surface area (Å²) in [6.07, 6.45) is 2.30. The Morgan fingerprint density at radius 1 is 1.07 bits per heavy atom. The predicted molar refractivity (Wildman–Crippen MR) is 130 cm³/mol. The van der Waals surface area contributed by atoms with Gasteiger partial charge in [-0.2, -0.15) is 0 Å². The molecule has 29 heavy (non-hydrogen) atoms. The number of aliphatic imine (C=N–C) groups is 1. The number of rotatable bonds is 7. The summed E-state index contributed by atoms with van der Waals surface area (Å²) in [5, 5.41) is 6.33. The van der Waals surface area contributed by atoms with E-state index in [0.29, 0.717) is 24.6 Å². The zero-order valence-corrected chi connectivity index (χ0v) is 19.3. The number of nitrogens with one attached hydrogen (secondary N) is 2. The van der Waals surface area contributed by atoms with Crippen molar-refractivity contribution >= 4 is 35.8 Å². The second-order valence-electron chi connectivity index (χ2n) is 7.15. The third kappa shape index (κ3) is 7.34. The van der Waals surface area contributed by atoms with Crippen molar-refractivity contribution in [2.75, 3.05) is 32.7 Å². The summed E-state index contributed by atoms with van der Waals surface area (Å²) >= 11 is 0. The van der Waals surface area contributed by atoms with Crippen molar-refractivity contribution in [3.05, 3.63) is 71.8 Å². The van der Waals surface area contributed by atoms with Crippen LogP contribution in [0.25, 0.3) is 0 Å². The van der Waals surface area contributed by atoms with Gasteiger partial charge in [-0.05, 0) is 43.4 Å². The van der Waals surface area contributed by atoms with Gasteiger partial charge in [-0.25, -0.2) is 0 Å². The van der Waals surface area contributed by atoms with Crippen molar-refractivity contribution in [2.24, 2.45) is 10.9 Å². The first-order valence-corrected chi connectivity index (χ1v) is 10.2. The van der Waals surface area contributed by atoms with Crippen LogP contribution in [0.15, 0.2) is 65.7 Å². The topological polar surface area (TPSA) is 56.7 Å². The number of hydrogen-bond acceptors (Lipinski definition) is 2. The largest absolute Gasteiger partial charge is 0.357 e. The smallest absolute Gasteiger partial charge is 0.251 e. The van der Waals surface area contributed by atoms with Crippen LogP contribution in [-0.4, -0.2) is 49.5 Å². The molecule has 0 aromatic heterocycles. The van der Waals surface area contributed by atoms with Crippen LogP contribution in [-0.2, 0) is 6.42 Å². The van der Waals surface area contributed by atoms with E-state index >= 15 is 0 Å². The maximum Gasteiger partial charge on any atom is 0.251 e. The molecule has 1 heterocycles. The molecule has 1 aliphatic heterocycles. The van der Waals surface area contributed by atoms with Crippen molar-refractivity contribution < 1.29 is 4.79 Å². The number of nitrogens with zero attached hydrogens (tertiary/aromatic N) is 2. The molecule has 1 amide bonds. The standard InChI is InChI=1S/C23H30N4O.HI/c1-2-24-23(26-15-14-25-22(28)21-11-7-4-8-12-21)27-16-13-20(18-27)17-19-9-5-3-6-10-19;/h3-12,20H,2,13-18H2,1H3,(H,24,26)(H,25,28);1H. The van der Waals surface area contributed by atoms with E-state index in [1.807, 2.05) is 30.3 Å². The predicted octanol–water partition coefficient (Wildman–Crippen LogP) is 3.56. The number of carbonyl (C=O) groups excluding carboxylic acids is 1. The van der Waals surface area contributed by atoms with Gasteiger partial charge in [0.25, 0.3) is 5.91 Å². The van der Waals surface area contributed by atoms with Crippen LogP contribution in [0.4, 0.5) is 0 Å². The maximum atomic E-state index is 12.1. The quantitative estimate of drug-likeness (QED) is 0.262. The molecular weight excluding hydrogens is 475 g/mol. The zero-order chi connectivity index (χ0) is 19.6. The van der Waals surface area contributed by atoms with Gasteiger partial charge in [0.2, 0.25) is 0 Å². The SMILES string of the molecule is CCNC(=NCCNC(=O)c1ccccc1)N1CCC(Cc2ccccc2)C1.I. The molecular formula is C23H31IN4O. The molecule has 0 spiro atoms. The lowest BCUT2D eigenvalue weighted by atomic mass is 9.99. The average molecular weight is 506 g/mol. The minimum Gasteiger partial charge on any atom is -0.357 e. The third-order valence-corrected chi connectivity index (χ3v) is 4.98. The first-order valence-electron chi connectivity index (χ1n) is 10.2. The van der Waals surface area contributed by atoms with E-state index in [1.165, 1.54) is 12.0 Å². The second-order valence-corrected chi connectivity index (χ2v) is 7.15. The number of likely N-dealkylation sites (tertiary alicyclic amines) is 1. The molecule has 0 radical (unpaired) electrons. The van der Waals surface area contributed by atoms with Gasteiger partial charge in [0.15, 0.2) is 5.96 Å². The minimum absolute atomic E-state index is 0. The van der Waals surface area contributed by atoms with Crippen LogP contribution >= 0.6 is 24.0 Å². The molecule has 0 aliphatic carbocycles. The number of amides is 1. The molecule has 2 N–H and O–H groups in total. The van der Waals surface area contributed by atoms with E-state index in [2.05, 4.69) is 52.8 Å². The van der Waals surface area contributed by atoms with E-state index in [0.717, 1.165) is 32.0 Å².